The van der Waals surface area contributed by atoms with E-state index < -0.39 is 11.5 Å². The Kier molecular flexibility index (Phi) is 5.40. The van der Waals surface area contributed by atoms with Crippen molar-refractivity contribution in [3.63, 3.8) is 0 Å². The zero-order valence-electron chi connectivity index (χ0n) is 10.9. The van der Waals surface area contributed by atoms with Crippen LogP contribution in [0.15, 0.2) is 0 Å². The van der Waals surface area contributed by atoms with Crippen molar-refractivity contribution in [3.05, 3.63) is 0 Å². The lowest BCUT2D eigenvalue weighted by Gasteiger charge is -2.37. The standard InChI is InChI=1S/C12H23N3O3/c1-9-2-4-12(8-13,5-3-9)10(16)15-6-7-18-11(14)17/h9H,2-8,13H2,1H3,(H2,14,17)(H,15,16). The third-order valence-electron chi connectivity index (χ3n) is 3.74. The van der Waals surface area contributed by atoms with Crippen LogP contribution in [0.2, 0.25) is 0 Å². The smallest absolute Gasteiger partial charge is 0.404 e. The molecule has 5 N–H and O–H groups in total. The molecule has 0 unspecified atom stereocenters. The number of carbonyl (C=O) groups excluding carboxylic acids is 2. The molecule has 1 saturated carbocycles. The van der Waals surface area contributed by atoms with Gasteiger partial charge in [0.2, 0.25) is 5.91 Å². The maximum atomic E-state index is 12.1. The van der Waals surface area contributed by atoms with Crippen molar-refractivity contribution in [1.82, 2.24) is 5.32 Å². The zero-order chi connectivity index (χ0) is 13.6. The number of rotatable bonds is 5. The van der Waals surface area contributed by atoms with Crippen molar-refractivity contribution in [3.8, 4) is 0 Å². The van der Waals surface area contributed by atoms with Crippen LogP contribution in [0.4, 0.5) is 4.79 Å². The van der Waals surface area contributed by atoms with Gasteiger partial charge in [-0.15, -0.1) is 0 Å². The minimum Gasteiger partial charge on any atom is -0.448 e. The molecule has 1 aliphatic rings. The van der Waals surface area contributed by atoms with Gasteiger partial charge in [0.05, 0.1) is 12.0 Å². The largest absolute Gasteiger partial charge is 0.448 e. The summed E-state index contributed by atoms with van der Waals surface area (Å²) < 4.78 is 4.56. The van der Waals surface area contributed by atoms with Crippen molar-refractivity contribution in [2.75, 3.05) is 19.7 Å². The van der Waals surface area contributed by atoms with E-state index in [0.29, 0.717) is 12.5 Å². The lowest BCUT2D eigenvalue weighted by molar-refractivity contribution is -0.133. The third-order valence-corrected chi connectivity index (χ3v) is 3.74. The molecule has 18 heavy (non-hydrogen) atoms. The highest BCUT2D eigenvalue weighted by Gasteiger charge is 2.39. The van der Waals surface area contributed by atoms with E-state index in [-0.39, 0.29) is 19.1 Å². The second-order valence-corrected chi connectivity index (χ2v) is 5.09. The Balaban J connectivity index is 2.40. The van der Waals surface area contributed by atoms with Crippen molar-refractivity contribution < 1.29 is 14.3 Å². The number of nitrogens with two attached hydrogens (primary N) is 2. The molecule has 0 atom stereocenters. The van der Waals surface area contributed by atoms with Crippen LogP contribution >= 0.6 is 0 Å². The summed E-state index contributed by atoms with van der Waals surface area (Å²) in [4.78, 5) is 22.5. The SMILES string of the molecule is CC1CCC(CN)(C(=O)NCCOC(N)=O)CC1. The average Bonchev–Trinajstić information content (AvgIpc) is 2.35. The number of nitrogens with one attached hydrogen (secondary N) is 1. The van der Waals surface area contributed by atoms with Crippen LogP contribution in [0.25, 0.3) is 0 Å². The molecule has 1 rings (SSSR count). The van der Waals surface area contributed by atoms with Crippen LogP contribution in [0.5, 0.6) is 0 Å². The second-order valence-electron chi connectivity index (χ2n) is 5.09. The van der Waals surface area contributed by atoms with Gasteiger partial charge in [0.25, 0.3) is 0 Å². The predicted molar refractivity (Wildman–Crippen MR) is 67.7 cm³/mol. The third kappa shape index (κ3) is 3.87. The van der Waals surface area contributed by atoms with Gasteiger partial charge >= 0.3 is 6.09 Å². The molecule has 1 aliphatic carbocycles. The number of ether oxygens (including phenoxy) is 1. The van der Waals surface area contributed by atoms with Crippen LogP contribution < -0.4 is 16.8 Å². The van der Waals surface area contributed by atoms with Crippen molar-refractivity contribution in [2.45, 2.75) is 32.6 Å². The quantitative estimate of drug-likeness (QED) is 0.618. The molecule has 1 fully saturated rings. The number of amides is 2. The lowest BCUT2D eigenvalue weighted by Crippen LogP contribution is -2.48. The van der Waals surface area contributed by atoms with E-state index in [9.17, 15) is 9.59 Å². The summed E-state index contributed by atoms with van der Waals surface area (Å²) in [5, 5.41) is 2.76. The minimum absolute atomic E-state index is 0.0371. The summed E-state index contributed by atoms with van der Waals surface area (Å²) in [5.41, 5.74) is 10.2. The molecule has 0 aromatic rings. The van der Waals surface area contributed by atoms with Gasteiger partial charge < -0.3 is 21.5 Å². The van der Waals surface area contributed by atoms with Crippen LogP contribution in [-0.2, 0) is 9.53 Å². The van der Waals surface area contributed by atoms with E-state index in [1.54, 1.807) is 0 Å². The molecule has 6 nitrogen and oxygen atoms in total. The number of hydrogen-bond acceptors (Lipinski definition) is 4. The minimum atomic E-state index is -0.829. The molecule has 0 aromatic carbocycles. The van der Waals surface area contributed by atoms with Gasteiger partial charge in [-0.3, -0.25) is 4.79 Å². The van der Waals surface area contributed by atoms with E-state index in [1.807, 2.05) is 0 Å². The molecule has 0 aliphatic heterocycles. The van der Waals surface area contributed by atoms with Crippen molar-refractivity contribution in [1.29, 1.82) is 0 Å². The fourth-order valence-electron chi connectivity index (χ4n) is 2.34. The Morgan fingerprint density at radius 1 is 1.39 bits per heavy atom. The first-order chi connectivity index (χ1) is 8.50. The second kappa shape index (κ2) is 6.58. The first kappa shape index (κ1) is 14.8. The molecule has 104 valence electrons. The van der Waals surface area contributed by atoms with Gasteiger partial charge in [-0.1, -0.05) is 6.92 Å². The molecular weight excluding hydrogens is 234 g/mol. The molecule has 0 radical (unpaired) electrons. The Morgan fingerprint density at radius 3 is 2.50 bits per heavy atom. The summed E-state index contributed by atoms with van der Waals surface area (Å²) in [7, 11) is 0. The summed E-state index contributed by atoms with van der Waals surface area (Å²) in [6, 6.07) is 0. The normalized spacial score (nSPS) is 27.6. The molecule has 0 aromatic heterocycles. The van der Waals surface area contributed by atoms with E-state index >= 15 is 0 Å². The molecular formula is C12H23N3O3. The van der Waals surface area contributed by atoms with Crippen LogP contribution in [-0.4, -0.2) is 31.7 Å². The fourth-order valence-corrected chi connectivity index (χ4v) is 2.34. The Hall–Kier alpha value is -1.30. The Bertz CT molecular complexity index is 299. The van der Waals surface area contributed by atoms with E-state index in [2.05, 4.69) is 17.0 Å². The van der Waals surface area contributed by atoms with Crippen molar-refractivity contribution in [2.24, 2.45) is 22.8 Å². The van der Waals surface area contributed by atoms with Gasteiger partial charge in [0.1, 0.15) is 6.61 Å². The Morgan fingerprint density at radius 2 is 2.00 bits per heavy atom. The number of carbonyl (C=O) groups is 2. The summed E-state index contributed by atoms with van der Waals surface area (Å²) in [6.45, 7) is 2.93. The highest BCUT2D eigenvalue weighted by atomic mass is 16.5. The zero-order valence-corrected chi connectivity index (χ0v) is 10.9. The fraction of sp³-hybridized carbons (Fsp3) is 0.833. The number of primary amides is 1. The van der Waals surface area contributed by atoms with Crippen LogP contribution in [0.3, 0.4) is 0 Å². The maximum Gasteiger partial charge on any atom is 0.404 e. The molecule has 0 saturated heterocycles. The van der Waals surface area contributed by atoms with Gasteiger partial charge in [-0.25, -0.2) is 4.79 Å². The van der Waals surface area contributed by atoms with Crippen LogP contribution in [0.1, 0.15) is 32.6 Å². The highest BCUT2D eigenvalue weighted by Crippen LogP contribution is 2.38. The number of hydrogen-bond donors (Lipinski definition) is 3. The van der Waals surface area contributed by atoms with E-state index in [4.69, 9.17) is 11.5 Å². The highest BCUT2D eigenvalue weighted by molar-refractivity contribution is 5.83. The predicted octanol–water partition coefficient (Wildman–Crippen LogP) is 0.353. The van der Waals surface area contributed by atoms with Gasteiger partial charge in [-0.05, 0) is 31.6 Å². The molecule has 0 bridgehead atoms. The lowest BCUT2D eigenvalue weighted by atomic mass is 9.70. The Labute approximate surface area is 107 Å². The van der Waals surface area contributed by atoms with Gasteiger partial charge in [-0.2, -0.15) is 0 Å². The summed E-state index contributed by atoms with van der Waals surface area (Å²) in [5.74, 6) is 0.626. The van der Waals surface area contributed by atoms with Crippen molar-refractivity contribution >= 4 is 12.0 Å². The van der Waals surface area contributed by atoms with Crippen LogP contribution in [0, 0.1) is 11.3 Å². The monoisotopic (exact) mass is 257 g/mol. The molecule has 2 amide bonds. The average molecular weight is 257 g/mol. The van der Waals surface area contributed by atoms with E-state index in [0.717, 1.165) is 25.7 Å². The first-order valence-corrected chi connectivity index (χ1v) is 6.41. The maximum absolute atomic E-state index is 12.1. The summed E-state index contributed by atoms with van der Waals surface area (Å²) in [6.07, 6.45) is 2.88. The van der Waals surface area contributed by atoms with Gasteiger partial charge in [0, 0.05) is 6.54 Å². The molecule has 0 heterocycles. The molecule has 6 heteroatoms. The van der Waals surface area contributed by atoms with E-state index in [1.165, 1.54) is 0 Å². The summed E-state index contributed by atoms with van der Waals surface area (Å²) >= 11 is 0. The topological polar surface area (TPSA) is 107 Å². The van der Waals surface area contributed by atoms with Gasteiger partial charge in [0.15, 0.2) is 0 Å². The first-order valence-electron chi connectivity index (χ1n) is 6.41. The molecule has 0 spiro atoms.